The second kappa shape index (κ2) is 6.34. The molecule has 2 aliphatic rings. The number of carbonyl (C=O) groups is 1. The maximum Gasteiger partial charge on any atom is 0.240 e. The number of benzene rings is 1. The summed E-state index contributed by atoms with van der Waals surface area (Å²) in [5.41, 5.74) is 1.68. The number of carbonyl (C=O) groups excluding carboxylic acids is 1. The van der Waals surface area contributed by atoms with Gasteiger partial charge in [-0.3, -0.25) is 4.79 Å². The monoisotopic (exact) mass is 310 g/mol. The Kier molecular flexibility index (Phi) is 4.91. The molecule has 116 valence electrons. The minimum absolute atomic E-state index is 0. The molecule has 0 radical (unpaired) electrons. The molecule has 1 heterocycles. The SMILES string of the molecule is CC1(C(=O)N[C@H]2c3ccccc3C[C@H]2O)CCCCN1.Cl. The molecule has 1 fully saturated rings. The van der Waals surface area contributed by atoms with Crippen LogP contribution >= 0.6 is 12.4 Å². The summed E-state index contributed by atoms with van der Waals surface area (Å²) in [6.45, 7) is 2.84. The van der Waals surface area contributed by atoms with Gasteiger partial charge in [-0.05, 0) is 43.9 Å². The van der Waals surface area contributed by atoms with Crippen LogP contribution in [0, 0.1) is 0 Å². The Bertz CT molecular complexity index is 515. The van der Waals surface area contributed by atoms with Gasteiger partial charge >= 0.3 is 0 Å². The van der Waals surface area contributed by atoms with E-state index in [9.17, 15) is 9.90 Å². The molecule has 1 aromatic carbocycles. The standard InChI is InChI=1S/C16H22N2O2.ClH/c1-16(8-4-5-9-17-16)15(20)18-14-12-7-3-2-6-11(12)10-13(14)19;/h2-3,6-7,13-14,17,19H,4-5,8-10H2,1H3,(H,18,20);1H/t13-,14+,16?;/m1./s1. The fourth-order valence-corrected chi connectivity index (χ4v) is 3.30. The average molecular weight is 311 g/mol. The van der Waals surface area contributed by atoms with Crippen LogP contribution in [0.3, 0.4) is 0 Å². The van der Waals surface area contributed by atoms with Crippen LogP contribution in [-0.2, 0) is 11.2 Å². The van der Waals surface area contributed by atoms with Gasteiger partial charge in [0.1, 0.15) is 0 Å². The molecule has 1 amide bonds. The highest BCUT2D eigenvalue weighted by molar-refractivity contribution is 5.86. The minimum Gasteiger partial charge on any atom is -0.390 e. The van der Waals surface area contributed by atoms with Crippen LogP contribution in [0.4, 0.5) is 0 Å². The highest BCUT2D eigenvalue weighted by atomic mass is 35.5. The first-order valence-electron chi connectivity index (χ1n) is 7.42. The van der Waals surface area contributed by atoms with Crippen molar-refractivity contribution in [1.29, 1.82) is 0 Å². The number of fused-ring (bicyclic) bond motifs is 1. The van der Waals surface area contributed by atoms with E-state index >= 15 is 0 Å². The third kappa shape index (κ3) is 3.07. The predicted molar refractivity (Wildman–Crippen MR) is 84.5 cm³/mol. The van der Waals surface area contributed by atoms with E-state index in [0.717, 1.165) is 36.9 Å². The van der Waals surface area contributed by atoms with Gasteiger partial charge < -0.3 is 15.7 Å². The molecular weight excluding hydrogens is 288 g/mol. The van der Waals surface area contributed by atoms with Gasteiger partial charge in [0.05, 0.1) is 17.7 Å². The largest absolute Gasteiger partial charge is 0.390 e. The summed E-state index contributed by atoms with van der Waals surface area (Å²) >= 11 is 0. The molecule has 3 rings (SSSR count). The molecular formula is C16H23ClN2O2. The highest BCUT2D eigenvalue weighted by Gasteiger charge is 2.38. The van der Waals surface area contributed by atoms with Crippen molar-refractivity contribution in [3.63, 3.8) is 0 Å². The van der Waals surface area contributed by atoms with Gasteiger partial charge in [0.25, 0.3) is 0 Å². The number of hydrogen-bond donors (Lipinski definition) is 3. The van der Waals surface area contributed by atoms with Crippen LogP contribution in [-0.4, -0.2) is 29.2 Å². The first kappa shape index (κ1) is 16.3. The molecule has 21 heavy (non-hydrogen) atoms. The fraction of sp³-hybridized carbons (Fsp3) is 0.562. The van der Waals surface area contributed by atoms with Crippen molar-refractivity contribution in [1.82, 2.24) is 10.6 Å². The lowest BCUT2D eigenvalue weighted by atomic mass is 9.89. The van der Waals surface area contributed by atoms with Gasteiger partial charge in [-0.25, -0.2) is 0 Å². The number of amides is 1. The van der Waals surface area contributed by atoms with E-state index in [2.05, 4.69) is 10.6 Å². The molecule has 3 atom stereocenters. The van der Waals surface area contributed by atoms with Crippen molar-refractivity contribution in [2.45, 2.75) is 50.3 Å². The molecule has 0 saturated carbocycles. The lowest BCUT2D eigenvalue weighted by Crippen LogP contribution is -2.58. The Morgan fingerprint density at radius 1 is 1.38 bits per heavy atom. The van der Waals surface area contributed by atoms with Crippen LogP contribution < -0.4 is 10.6 Å². The number of hydrogen-bond acceptors (Lipinski definition) is 3. The molecule has 0 bridgehead atoms. The summed E-state index contributed by atoms with van der Waals surface area (Å²) in [7, 11) is 0. The van der Waals surface area contributed by atoms with E-state index in [0.29, 0.717) is 6.42 Å². The van der Waals surface area contributed by atoms with Gasteiger partial charge in [0.15, 0.2) is 0 Å². The van der Waals surface area contributed by atoms with Crippen molar-refractivity contribution in [2.75, 3.05) is 6.54 Å². The van der Waals surface area contributed by atoms with E-state index in [1.54, 1.807) is 0 Å². The Balaban J connectivity index is 0.00000161. The van der Waals surface area contributed by atoms with Crippen molar-refractivity contribution >= 4 is 18.3 Å². The summed E-state index contributed by atoms with van der Waals surface area (Å²) in [4.78, 5) is 12.5. The highest BCUT2D eigenvalue weighted by Crippen LogP contribution is 2.32. The lowest BCUT2D eigenvalue weighted by Gasteiger charge is -2.35. The van der Waals surface area contributed by atoms with Crippen LogP contribution in [0.2, 0.25) is 0 Å². The zero-order chi connectivity index (χ0) is 14.2. The van der Waals surface area contributed by atoms with Crippen molar-refractivity contribution in [3.05, 3.63) is 35.4 Å². The van der Waals surface area contributed by atoms with Gasteiger partial charge in [0, 0.05) is 6.42 Å². The number of aliphatic hydroxyl groups excluding tert-OH is 1. The number of aliphatic hydroxyl groups is 1. The Morgan fingerprint density at radius 3 is 2.86 bits per heavy atom. The average Bonchev–Trinajstić information content (AvgIpc) is 2.76. The van der Waals surface area contributed by atoms with E-state index in [-0.39, 0.29) is 24.4 Å². The van der Waals surface area contributed by atoms with E-state index in [1.807, 2.05) is 31.2 Å². The first-order chi connectivity index (χ1) is 9.60. The second-order valence-corrected chi connectivity index (χ2v) is 6.14. The van der Waals surface area contributed by atoms with Crippen molar-refractivity contribution in [2.24, 2.45) is 0 Å². The topological polar surface area (TPSA) is 61.4 Å². The zero-order valence-corrected chi connectivity index (χ0v) is 13.1. The van der Waals surface area contributed by atoms with E-state index in [4.69, 9.17) is 0 Å². The quantitative estimate of drug-likeness (QED) is 0.779. The number of nitrogens with one attached hydrogen (secondary N) is 2. The molecule has 1 saturated heterocycles. The molecule has 0 spiro atoms. The van der Waals surface area contributed by atoms with Crippen LogP contribution in [0.15, 0.2) is 24.3 Å². The molecule has 1 unspecified atom stereocenters. The first-order valence-corrected chi connectivity index (χ1v) is 7.42. The van der Waals surface area contributed by atoms with Gasteiger partial charge in [0.2, 0.25) is 5.91 Å². The van der Waals surface area contributed by atoms with Gasteiger partial charge in [-0.15, -0.1) is 12.4 Å². The number of piperidine rings is 1. The smallest absolute Gasteiger partial charge is 0.240 e. The maximum absolute atomic E-state index is 12.5. The molecule has 4 nitrogen and oxygen atoms in total. The van der Waals surface area contributed by atoms with Crippen molar-refractivity contribution < 1.29 is 9.90 Å². The summed E-state index contributed by atoms with van der Waals surface area (Å²) in [5, 5.41) is 16.6. The van der Waals surface area contributed by atoms with E-state index < -0.39 is 11.6 Å². The van der Waals surface area contributed by atoms with Crippen LogP contribution in [0.25, 0.3) is 0 Å². The Labute approximate surface area is 131 Å². The van der Waals surface area contributed by atoms with Gasteiger partial charge in [-0.1, -0.05) is 24.3 Å². The molecule has 3 N–H and O–H groups in total. The number of rotatable bonds is 2. The third-order valence-corrected chi connectivity index (χ3v) is 4.61. The molecule has 1 aromatic rings. The summed E-state index contributed by atoms with van der Waals surface area (Å²) in [6, 6.07) is 7.66. The minimum atomic E-state index is -0.524. The van der Waals surface area contributed by atoms with Crippen LogP contribution in [0.1, 0.15) is 43.4 Å². The summed E-state index contributed by atoms with van der Waals surface area (Å²) in [5.74, 6) is -0.00190. The normalized spacial score (nSPS) is 31.1. The van der Waals surface area contributed by atoms with E-state index in [1.165, 1.54) is 0 Å². The zero-order valence-electron chi connectivity index (χ0n) is 12.3. The summed E-state index contributed by atoms with van der Waals surface area (Å²) in [6.07, 6.45) is 3.14. The third-order valence-electron chi connectivity index (χ3n) is 4.61. The molecule has 1 aliphatic heterocycles. The Morgan fingerprint density at radius 2 is 2.14 bits per heavy atom. The number of halogens is 1. The second-order valence-electron chi connectivity index (χ2n) is 6.14. The molecule has 1 aliphatic carbocycles. The van der Waals surface area contributed by atoms with Crippen LogP contribution in [0.5, 0.6) is 0 Å². The predicted octanol–water partition coefficient (Wildman–Crippen LogP) is 1.71. The van der Waals surface area contributed by atoms with Gasteiger partial charge in [-0.2, -0.15) is 0 Å². The molecule has 0 aromatic heterocycles. The Hall–Kier alpha value is -1.10. The fourth-order valence-electron chi connectivity index (χ4n) is 3.30. The summed E-state index contributed by atoms with van der Waals surface area (Å²) < 4.78 is 0. The molecule has 5 heteroatoms. The maximum atomic E-state index is 12.5. The van der Waals surface area contributed by atoms with Crippen molar-refractivity contribution in [3.8, 4) is 0 Å². The lowest BCUT2D eigenvalue weighted by molar-refractivity contribution is -0.129.